The lowest BCUT2D eigenvalue weighted by Crippen LogP contribution is -2.11. The lowest BCUT2D eigenvalue weighted by molar-refractivity contribution is 0.452. The van der Waals surface area contributed by atoms with Crippen molar-refractivity contribution in [3.8, 4) is 5.75 Å². The lowest BCUT2D eigenvalue weighted by Gasteiger charge is -2.14. The molecule has 0 spiro atoms. The Labute approximate surface area is 103 Å². The molecule has 0 bridgehead atoms. The van der Waals surface area contributed by atoms with Gasteiger partial charge in [-0.15, -0.1) is 0 Å². The molecule has 2 rings (SSSR count). The molecule has 0 radical (unpaired) electrons. The van der Waals surface area contributed by atoms with Crippen LogP contribution in [0, 0.1) is 5.92 Å². The summed E-state index contributed by atoms with van der Waals surface area (Å²) in [6, 6.07) is 3.30. The zero-order valence-corrected chi connectivity index (χ0v) is 10.6. The number of aromatic hydroxyl groups is 1. The van der Waals surface area contributed by atoms with Crippen LogP contribution in [0.2, 0.25) is 5.02 Å². The zero-order chi connectivity index (χ0) is 11.0. The Morgan fingerprint density at radius 2 is 2.20 bits per heavy atom. The summed E-state index contributed by atoms with van der Waals surface area (Å²) in [5, 5.41) is 10.4. The normalized spacial score (nSPS) is 17.8. The van der Waals surface area contributed by atoms with Gasteiger partial charge in [-0.3, -0.25) is 0 Å². The largest absolute Gasteiger partial charge is 0.506 e. The van der Waals surface area contributed by atoms with Crippen LogP contribution in [0.3, 0.4) is 0 Å². The SMILES string of the molecule is N[C@H](CC1CC1)c1cc(Cl)cc(Br)c1O. The molecular formula is C11H13BrClNO. The topological polar surface area (TPSA) is 46.2 Å². The molecule has 0 amide bonds. The van der Waals surface area contributed by atoms with E-state index in [1.54, 1.807) is 12.1 Å². The van der Waals surface area contributed by atoms with Crippen LogP contribution in [0.5, 0.6) is 5.75 Å². The van der Waals surface area contributed by atoms with Crippen molar-refractivity contribution in [2.24, 2.45) is 11.7 Å². The molecule has 82 valence electrons. The number of halogens is 2. The van der Waals surface area contributed by atoms with Gasteiger partial charge in [-0.2, -0.15) is 0 Å². The number of phenols is 1. The van der Waals surface area contributed by atoms with Crippen LogP contribution in [0.15, 0.2) is 16.6 Å². The maximum absolute atomic E-state index is 9.84. The van der Waals surface area contributed by atoms with E-state index >= 15 is 0 Å². The molecule has 1 fully saturated rings. The van der Waals surface area contributed by atoms with Crippen LogP contribution in [0.4, 0.5) is 0 Å². The van der Waals surface area contributed by atoms with Crippen molar-refractivity contribution in [2.45, 2.75) is 25.3 Å². The summed E-state index contributed by atoms with van der Waals surface area (Å²) in [4.78, 5) is 0. The predicted molar refractivity (Wildman–Crippen MR) is 65.1 cm³/mol. The molecule has 4 heteroatoms. The molecule has 1 aliphatic carbocycles. The van der Waals surface area contributed by atoms with Gasteiger partial charge in [-0.25, -0.2) is 0 Å². The highest BCUT2D eigenvalue weighted by Gasteiger charge is 2.26. The van der Waals surface area contributed by atoms with Crippen molar-refractivity contribution >= 4 is 27.5 Å². The first-order chi connectivity index (χ1) is 7.08. The van der Waals surface area contributed by atoms with E-state index in [0.29, 0.717) is 9.50 Å². The molecular weight excluding hydrogens is 277 g/mol. The van der Waals surface area contributed by atoms with Crippen LogP contribution >= 0.6 is 27.5 Å². The number of hydrogen-bond acceptors (Lipinski definition) is 2. The summed E-state index contributed by atoms with van der Waals surface area (Å²) in [7, 11) is 0. The fraction of sp³-hybridized carbons (Fsp3) is 0.455. The van der Waals surface area contributed by atoms with Crippen LogP contribution in [0.25, 0.3) is 0 Å². The molecule has 1 aliphatic rings. The minimum absolute atomic E-state index is 0.118. The molecule has 2 nitrogen and oxygen atoms in total. The standard InChI is InChI=1S/C11H13BrClNO/c12-9-5-7(13)4-8(11(9)15)10(14)3-6-1-2-6/h4-6,10,15H,1-3,14H2/t10-/m1/s1. The monoisotopic (exact) mass is 289 g/mol. The third-order valence-corrected chi connectivity index (χ3v) is 3.56. The summed E-state index contributed by atoms with van der Waals surface area (Å²) in [5.41, 5.74) is 6.77. The van der Waals surface area contributed by atoms with E-state index < -0.39 is 0 Å². The maximum Gasteiger partial charge on any atom is 0.134 e. The van der Waals surface area contributed by atoms with Gasteiger partial charge in [0.2, 0.25) is 0 Å². The molecule has 15 heavy (non-hydrogen) atoms. The van der Waals surface area contributed by atoms with E-state index in [2.05, 4.69) is 15.9 Å². The number of nitrogens with two attached hydrogens (primary N) is 1. The molecule has 1 aromatic carbocycles. The number of rotatable bonds is 3. The molecule has 0 saturated heterocycles. The number of benzene rings is 1. The lowest BCUT2D eigenvalue weighted by atomic mass is 10.0. The molecule has 0 aromatic heterocycles. The highest BCUT2D eigenvalue weighted by atomic mass is 79.9. The van der Waals surface area contributed by atoms with E-state index in [1.807, 2.05) is 0 Å². The van der Waals surface area contributed by atoms with Crippen molar-refractivity contribution in [3.05, 3.63) is 27.2 Å². The van der Waals surface area contributed by atoms with Gasteiger partial charge in [-0.05, 0) is 40.4 Å². The Balaban J connectivity index is 2.24. The van der Waals surface area contributed by atoms with Gasteiger partial charge in [0.25, 0.3) is 0 Å². The molecule has 0 aliphatic heterocycles. The quantitative estimate of drug-likeness (QED) is 0.893. The Hall–Kier alpha value is -0.250. The Morgan fingerprint density at radius 3 is 2.80 bits per heavy atom. The van der Waals surface area contributed by atoms with E-state index in [1.165, 1.54) is 12.8 Å². The Morgan fingerprint density at radius 1 is 1.53 bits per heavy atom. The van der Waals surface area contributed by atoms with Gasteiger partial charge in [0, 0.05) is 16.6 Å². The molecule has 1 atom stereocenters. The van der Waals surface area contributed by atoms with Crippen LogP contribution < -0.4 is 5.73 Å². The zero-order valence-electron chi connectivity index (χ0n) is 8.21. The van der Waals surface area contributed by atoms with Crippen LogP contribution in [-0.2, 0) is 0 Å². The third kappa shape index (κ3) is 2.65. The summed E-state index contributed by atoms with van der Waals surface area (Å²) in [6.07, 6.45) is 3.45. The minimum atomic E-state index is -0.118. The first-order valence-electron chi connectivity index (χ1n) is 5.01. The van der Waals surface area contributed by atoms with Crippen LogP contribution in [0.1, 0.15) is 30.9 Å². The molecule has 3 N–H and O–H groups in total. The van der Waals surface area contributed by atoms with Crippen molar-refractivity contribution in [3.63, 3.8) is 0 Å². The molecule has 0 heterocycles. The van der Waals surface area contributed by atoms with Crippen molar-refractivity contribution < 1.29 is 5.11 Å². The summed E-state index contributed by atoms with van der Waals surface area (Å²) in [6.45, 7) is 0. The maximum atomic E-state index is 9.84. The van der Waals surface area contributed by atoms with Crippen LogP contribution in [-0.4, -0.2) is 5.11 Å². The highest BCUT2D eigenvalue weighted by Crippen LogP contribution is 2.41. The van der Waals surface area contributed by atoms with Crippen molar-refractivity contribution in [2.75, 3.05) is 0 Å². The minimum Gasteiger partial charge on any atom is -0.506 e. The van der Waals surface area contributed by atoms with Crippen molar-refractivity contribution in [1.29, 1.82) is 0 Å². The van der Waals surface area contributed by atoms with Gasteiger partial charge in [-0.1, -0.05) is 24.4 Å². The second-order valence-corrected chi connectivity index (χ2v) is 5.40. The Kier molecular flexibility index (Phi) is 3.24. The van der Waals surface area contributed by atoms with Gasteiger partial charge >= 0.3 is 0 Å². The average molecular weight is 291 g/mol. The summed E-state index contributed by atoms with van der Waals surface area (Å²) < 4.78 is 0.608. The fourth-order valence-corrected chi connectivity index (χ4v) is 2.54. The first kappa shape index (κ1) is 11.2. The second-order valence-electron chi connectivity index (χ2n) is 4.11. The number of hydrogen-bond donors (Lipinski definition) is 2. The first-order valence-corrected chi connectivity index (χ1v) is 6.18. The molecule has 1 saturated carbocycles. The van der Waals surface area contributed by atoms with E-state index in [9.17, 15) is 5.11 Å². The molecule has 0 unspecified atom stereocenters. The molecule has 1 aromatic rings. The van der Waals surface area contributed by atoms with E-state index in [-0.39, 0.29) is 11.8 Å². The van der Waals surface area contributed by atoms with Crippen molar-refractivity contribution in [1.82, 2.24) is 0 Å². The van der Waals surface area contributed by atoms with Gasteiger partial charge in [0.1, 0.15) is 5.75 Å². The van der Waals surface area contributed by atoms with Gasteiger partial charge < -0.3 is 10.8 Å². The predicted octanol–water partition coefficient (Wildman–Crippen LogP) is 3.61. The van der Waals surface area contributed by atoms with E-state index in [0.717, 1.165) is 17.9 Å². The third-order valence-electron chi connectivity index (χ3n) is 2.74. The fourth-order valence-electron chi connectivity index (χ4n) is 1.71. The summed E-state index contributed by atoms with van der Waals surface area (Å²) in [5.74, 6) is 0.949. The smallest absolute Gasteiger partial charge is 0.134 e. The van der Waals surface area contributed by atoms with Gasteiger partial charge in [0.05, 0.1) is 4.47 Å². The van der Waals surface area contributed by atoms with Gasteiger partial charge in [0.15, 0.2) is 0 Å². The average Bonchev–Trinajstić information content (AvgIpc) is 2.94. The Bertz CT molecular complexity index is 379. The van der Waals surface area contributed by atoms with E-state index in [4.69, 9.17) is 17.3 Å². The second kappa shape index (κ2) is 4.32. The highest BCUT2D eigenvalue weighted by molar-refractivity contribution is 9.10. The number of phenolic OH excluding ortho intramolecular Hbond substituents is 1. The summed E-state index contributed by atoms with van der Waals surface area (Å²) >= 11 is 9.18.